The van der Waals surface area contributed by atoms with Gasteiger partial charge in [-0.15, -0.1) is 0 Å². The second kappa shape index (κ2) is 8.15. The lowest BCUT2D eigenvalue weighted by molar-refractivity contribution is -0.123. The Morgan fingerprint density at radius 2 is 1.76 bits per heavy atom. The summed E-state index contributed by atoms with van der Waals surface area (Å²) in [4.78, 5) is 11.5. The highest BCUT2D eigenvalue weighted by atomic mass is 32.2. The van der Waals surface area contributed by atoms with E-state index in [4.69, 9.17) is 5.73 Å². The normalized spacial score (nSPS) is 12.9. The Balaban J connectivity index is 2.90. The number of nitrogens with two attached hydrogens (primary N) is 1. The molecular formula is C15H22F3N3O3S. The molecular weight excluding hydrogens is 359 g/mol. The van der Waals surface area contributed by atoms with Gasteiger partial charge in [-0.3, -0.25) is 4.79 Å². The number of carbonyl (C=O) groups is 1. The fourth-order valence-electron chi connectivity index (χ4n) is 1.91. The van der Waals surface area contributed by atoms with Crippen molar-refractivity contribution in [1.82, 2.24) is 10.0 Å². The highest BCUT2D eigenvalue weighted by molar-refractivity contribution is 7.89. The molecule has 0 aliphatic rings. The van der Waals surface area contributed by atoms with E-state index in [-0.39, 0.29) is 17.0 Å². The summed E-state index contributed by atoms with van der Waals surface area (Å²) < 4.78 is 63.5. The second-order valence-corrected chi connectivity index (χ2v) is 7.49. The number of halogens is 3. The van der Waals surface area contributed by atoms with Crippen LogP contribution in [-0.4, -0.2) is 39.1 Å². The number of hydrogen-bond donors (Lipinski definition) is 3. The third-order valence-corrected chi connectivity index (χ3v) is 5.28. The number of rotatable bonds is 8. The van der Waals surface area contributed by atoms with Crippen molar-refractivity contribution in [2.75, 3.05) is 13.1 Å². The molecule has 0 aliphatic heterocycles. The number of alkyl halides is 3. The predicted molar refractivity (Wildman–Crippen MR) is 87.5 cm³/mol. The van der Waals surface area contributed by atoms with Crippen LogP contribution >= 0.6 is 0 Å². The zero-order valence-corrected chi connectivity index (χ0v) is 14.8. The molecule has 0 unspecified atom stereocenters. The molecule has 25 heavy (non-hydrogen) atoms. The molecule has 0 saturated carbocycles. The lowest BCUT2D eigenvalue weighted by atomic mass is 9.95. The van der Waals surface area contributed by atoms with Crippen LogP contribution in [0.1, 0.15) is 37.0 Å². The summed E-state index contributed by atoms with van der Waals surface area (Å²) in [5, 5.41) is 1.69. The van der Waals surface area contributed by atoms with Crippen molar-refractivity contribution in [2.45, 2.75) is 43.3 Å². The van der Waals surface area contributed by atoms with Crippen molar-refractivity contribution < 1.29 is 26.4 Å². The topological polar surface area (TPSA) is 101 Å². The van der Waals surface area contributed by atoms with Gasteiger partial charge in [0, 0.05) is 17.6 Å². The monoisotopic (exact) mass is 381 g/mol. The molecule has 1 amide bonds. The van der Waals surface area contributed by atoms with Crippen LogP contribution in [0.2, 0.25) is 0 Å². The Kier molecular flexibility index (Phi) is 6.98. The quantitative estimate of drug-likeness (QED) is 0.639. The van der Waals surface area contributed by atoms with Crippen LogP contribution in [0.25, 0.3) is 0 Å². The van der Waals surface area contributed by atoms with Crippen molar-refractivity contribution in [2.24, 2.45) is 5.73 Å². The zero-order chi connectivity index (χ0) is 19.3. The van der Waals surface area contributed by atoms with E-state index in [1.54, 1.807) is 5.32 Å². The Labute approximate surface area is 145 Å². The average molecular weight is 381 g/mol. The van der Waals surface area contributed by atoms with Crippen LogP contribution in [0.3, 0.4) is 0 Å². The molecule has 0 heterocycles. The van der Waals surface area contributed by atoms with Crippen LogP contribution < -0.4 is 15.8 Å². The first-order valence-corrected chi connectivity index (χ1v) is 9.14. The number of benzene rings is 1. The maximum Gasteiger partial charge on any atom is 0.405 e. The van der Waals surface area contributed by atoms with E-state index in [0.717, 1.165) is 6.07 Å². The zero-order valence-electron chi connectivity index (χ0n) is 14.0. The van der Waals surface area contributed by atoms with E-state index >= 15 is 0 Å². The second-order valence-electron chi connectivity index (χ2n) is 5.72. The summed E-state index contributed by atoms with van der Waals surface area (Å²) in [6, 6.07) is 4.78. The van der Waals surface area contributed by atoms with Gasteiger partial charge in [0.25, 0.3) is 5.91 Å². The van der Waals surface area contributed by atoms with E-state index in [2.05, 4.69) is 4.72 Å². The van der Waals surface area contributed by atoms with Crippen molar-refractivity contribution in [3.05, 3.63) is 29.8 Å². The van der Waals surface area contributed by atoms with E-state index in [0.29, 0.717) is 12.8 Å². The molecule has 1 rings (SSSR count). The molecule has 1 aromatic carbocycles. The molecule has 4 N–H and O–H groups in total. The summed E-state index contributed by atoms with van der Waals surface area (Å²) >= 11 is 0. The minimum Gasteiger partial charge on any atom is -0.343 e. The SMILES string of the molecule is CCC(N)(CC)CNS(=O)(=O)c1cccc(C(=O)NCC(F)(F)F)c1. The average Bonchev–Trinajstić information content (AvgIpc) is 2.57. The van der Waals surface area contributed by atoms with Crippen LogP contribution in [0.15, 0.2) is 29.2 Å². The molecule has 0 bridgehead atoms. The maximum absolute atomic E-state index is 12.3. The highest BCUT2D eigenvalue weighted by Crippen LogP contribution is 2.16. The van der Waals surface area contributed by atoms with Crippen LogP contribution in [0, 0.1) is 0 Å². The molecule has 10 heteroatoms. The van der Waals surface area contributed by atoms with E-state index < -0.39 is 34.2 Å². The van der Waals surface area contributed by atoms with Gasteiger partial charge in [-0.1, -0.05) is 19.9 Å². The van der Waals surface area contributed by atoms with Crippen molar-refractivity contribution in [3.8, 4) is 0 Å². The van der Waals surface area contributed by atoms with Crippen molar-refractivity contribution in [1.29, 1.82) is 0 Å². The first-order chi connectivity index (χ1) is 11.4. The molecule has 1 aromatic rings. The van der Waals surface area contributed by atoms with Crippen LogP contribution in [-0.2, 0) is 10.0 Å². The largest absolute Gasteiger partial charge is 0.405 e. The minimum atomic E-state index is -4.55. The Morgan fingerprint density at radius 1 is 1.16 bits per heavy atom. The molecule has 0 spiro atoms. The van der Waals surface area contributed by atoms with Gasteiger partial charge in [-0.2, -0.15) is 13.2 Å². The number of sulfonamides is 1. The van der Waals surface area contributed by atoms with E-state index in [1.165, 1.54) is 18.2 Å². The molecule has 0 aliphatic carbocycles. The van der Waals surface area contributed by atoms with Gasteiger partial charge in [-0.25, -0.2) is 13.1 Å². The van der Waals surface area contributed by atoms with Gasteiger partial charge < -0.3 is 11.1 Å². The molecule has 0 fully saturated rings. The third-order valence-electron chi connectivity index (χ3n) is 3.88. The van der Waals surface area contributed by atoms with Crippen LogP contribution in [0.4, 0.5) is 13.2 Å². The minimum absolute atomic E-state index is 0.00678. The van der Waals surface area contributed by atoms with Gasteiger partial charge in [-0.05, 0) is 31.0 Å². The number of nitrogens with one attached hydrogen (secondary N) is 2. The Morgan fingerprint density at radius 3 is 2.28 bits per heavy atom. The summed E-state index contributed by atoms with van der Waals surface area (Å²) in [6.07, 6.45) is -3.43. The highest BCUT2D eigenvalue weighted by Gasteiger charge is 2.28. The van der Waals surface area contributed by atoms with Gasteiger partial charge in [0.15, 0.2) is 0 Å². The molecule has 0 atom stereocenters. The van der Waals surface area contributed by atoms with Crippen molar-refractivity contribution in [3.63, 3.8) is 0 Å². The van der Waals surface area contributed by atoms with Crippen molar-refractivity contribution >= 4 is 15.9 Å². The fourth-order valence-corrected chi connectivity index (χ4v) is 3.09. The van der Waals surface area contributed by atoms with E-state index in [9.17, 15) is 26.4 Å². The third kappa shape index (κ3) is 6.63. The van der Waals surface area contributed by atoms with Crippen LogP contribution in [0.5, 0.6) is 0 Å². The lowest BCUT2D eigenvalue weighted by Gasteiger charge is -2.26. The number of carbonyl (C=O) groups excluding carboxylic acids is 1. The number of hydrogen-bond acceptors (Lipinski definition) is 4. The standard InChI is InChI=1S/C15H22F3N3O3S/c1-3-14(19,4-2)9-21-25(23,24)12-7-5-6-11(8-12)13(22)20-10-15(16,17)18/h5-8,21H,3-4,9-10,19H2,1-2H3,(H,20,22). The summed E-state index contributed by atoms with van der Waals surface area (Å²) in [6.45, 7) is 2.18. The van der Waals surface area contributed by atoms with Gasteiger partial charge in [0.1, 0.15) is 6.54 Å². The first kappa shape index (κ1) is 21.4. The lowest BCUT2D eigenvalue weighted by Crippen LogP contribution is -2.49. The molecule has 0 saturated heterocycles. The summed E-state index contributed by atoms with van der Waals surface area (Å²) in [5.74, 6) is -1.01. The van der Waals surface area contributed by atoms with Gasteiger partial charge >= 0.3 is 6.18 Å². The summed E-state index contributed by atoms with van der Waals surface area (Å²) in [7, 11) is -3.95. The Bertz CT molecular complexity index is 701. The molecule has 6 nitrogen and oxygen atoms in total. The molecule has 142 valence electrons. The Hall–Kier alpha value is -1.65. The van der Waals surface area contributed by atoms with Gasteiger partial charge in [0.05, 0.1) is 4.90 Å². The number of amides is 1. The van der Waals surface area contributed by atoms with E-state index in [1.807, 2.05) is 13.8 Å². The smallest absolute Gasteiger partial charge is 0.343 e. The molecule has 0 radical (unpaired) electrons. The maximum atomic E-state index is 12.3. The fraction of sp³-hybridized carbons (Fsp3) is 0.533. The van der Waals surface area contributed by atoms with Gasteiger partial charge in [0.2, 0.25) is 10.0 Å². The summed E-state index contributed by atoms with van der Waals surface area (Å²) in [5.41, 5.74) is 5.16. The molecule has 0 aromatic heterocycles. The predicted octanol–water partition coefficient (Wildman–Crippen LogP) is 1.77. The first-order valence-electron chi connectivity index (χ1n) is 7.66.